The number of thiazole rings is 1. The maximum Gasteiger partial charge on any atom is 0.347 e. The monoisotopic (exact) mass is 439 g/mol. The summed E-state index contributed by atoms with van der Waals surface area (Å²) in [5.41, 5.74) is 0.246. The molecule has 2 rings (SSSR count). The number of amides is 1. The molecular formula is C16H12ClN4O7S. The third-order valence-electron chi connectivity index (χ3n) is 3.10. The summed E-state index contributed by atoms with van der Waals surface area (Å²) in [4.78, 5) is 52.6. The summed E-state index contributed by atoms with van der Waals surface area (Å²) in [5, 5.41) is 18.1. The van der Waals surface area contributed by atoms with E-state index in [0.717, 1.165) is 11.3 Å². The van der Waals surface area contributed by atoms with Crippen molar-refractivity contribution in [3.63, 3.8) is 0 Å². The van der Waals surface area contributed by atoms with Gasteiger partial charge in [-0.3, -0.25) is 19.7 Å². The molecule has 2 aromatic rings. The Labute approximate surface area is 172 Å². The number of benzene rings is 1. The molecule has 0 unspecified atom stereocenters. The van der Waals surface area contributed by atoms with Crippen molar-refractivity contribution in [1.82, 2.24) is 4.98 Å². The molecule has 0 aliphatic rings. The van der Waals surface area contributed by atoms with Gasteiger partial charge in [0.25, 0.3) is 12.0 Å². The van der Waals surface area contributed by atoms with E-state index in [9.17, 15) is 24.5 Å². The second-order valence-electron chi connectivity index (χ2n) is 5.12. The van der Waals surface area contributed by atoms with Crippen LogP contribution in [0.15, 0.2) is 34.8 Å². The smallest absolute Gasteiger partial charge is 0.347 e. The molecule has 1 amide bonds. The Morgan fingerprint density at radius 1 is 1.34 bits per heavy atom. The molecule has 0 atom stereocenters. The van der Waals surface area contributed by atoms with Crippen LogP contribution < -0.4 is 5.32 Å². The average molecular weight is 440 g/mol. The molecule has 0 spiro atoms. The molecule has 0 aliphatic heterocycles. The Kier molecular flexibility index (Phi) is 8.18. The number of ether oxygens (including phenoxy) is 1. The number of hydrogen-bond donors (Lipinski definition) is 1. The van der Waals surface area contributed by atoms with Crippen LogP contribution in [-0.4, -0.2) is 46.3 Å². The van der Waals surface area contributed by atoms with Crippen LogP contribution >= 0.6 is 22.9 Å². The summed E-state index contributed by atoms with van der Waals surface area (Å²) >= 11 is 6.40. The molecule has 1 aromatic heterocycles. The first kappa shape index (κ1) is 21.9. The van der Waals surface area contributed by atoms with Crippen molar-refractivity contribution in [2.45, 2.75) is 6.61 Å². The standard InChI is InChI=1S/C16H12ClN4O7S/c17-5-14(23)19-16-18-13(9-29-16)12(6-22)20-28-8-15(24)27-7-10-1-3-11(4-2-10)21(25)26/h1-4,9H,5,7-8H2,(H,18,19,23). The fourth-order valence-electron chi connectivity index (χ4n) is 1.78. The van der Waals surface area contributed by atoms with Gasteiger partial charge in [0, 0.05) is 17.5 Å². The summed E-state index contributed by atoms with van der Waals surface area (Å²) in [6, 6.07) is 5.47. The number of halogens is 1. The number of hydrogen-bond acceptors (Lipinski definition) is 10. The molecule has 151 valence electrons. The number of esters is 1. The lowest BCUT2D eigenvalue weighted by atomic mass is 10.2. The van der Waals surface area contributed by atoms with E-state index in [1.807, 2.05) is 0 Å². The van der Waals surface area contributed by atoms with Crippen molar-refractivity contribution < 1.29 is 28.9 Å². The van der Waals surface area contributed by atoms with E-state index >= 15 is 0 Å². The first-order valence-electron chi connectivity index (χ1n) is 7.71. The van der Waals surface area contributed by atoms with Crippen molar-refractivity contribution in [3.8, 4) is 0 Å². The van der Waals surface area contributed by atoms with E-state index in [0.29, 0.717) is 5.56 Å². The lowest BCUT2D eigenvalue weighted by Crippen LogP contribution is -2.13. The first-order valence-corrected chi connectivity index (χ1v) is 9.13. The number of rotatable bonds is 10. The summed E-state index contributed by atoms with van der Waals surface area (Å²) in [6.45, 7) is -0.704. The number of non-ortho nitro benzene ring substituents is 1. The quantitative estimate of drug-likeness (QED) is 0.193. The molecule has 0 saturated carbocycles. The van der Waals surface area contributed by atoms with Gasteiger partial charge in [0.2, 0.25) is 12.5 Å². The third kappa shape index (κ3) is 6.93. The van der Waals surface area contributed by atoms with Crippen LogP contribution in [0.4, 0.5) is 10.8 Å². The summed E-state index contributed by atoms with van der Waals surface area (Å²) in [6.07, 6.45) is 1.52. The fraction of sp³-hybridized carbons (Fsp3) is 0.188. The highest BCUT2D eigenvalue weighted by atomic mass is 35.5. The van der Waals surface area contributed by atoms with Crippen LogP contribution in [0.5, 0.6) is 0 Å². The summed E-state index contributed by atoms with van der Waals surface area (Å²) in [7, 11) is 0. The molecule has 1 heterocycles. The zero-order valence-electron chi connectivity index (χ0n) is 14.5. The summed E-state index contributed by atoms with van der Waals surface area (Å²) in [5.74, 6) is -1.49. The van der Waals surface area contributed by atoms with E-state index in [1.54, 1.807) is 0 Å². The normalized spacial score (nSPS) is 10.9. The molecule has 13 heteroatoms. The van der Waals surface area contributed by atoms with Crippen LogP contribution in [0.2, 0.25) is 0 Å². The number of nitro groups is 1. The number of oxime groups is 1. The number of aromatic nitrogens is 1. The number of alkyl halides is 1. The molecule has 1 radical (unpaired) electrons. The molecular weight excluding hydrogens is 428 g/mol. The van der Waals surface area contributed by atoms with E-state index in [1.165, 1.54) is 35.9 Å². The number of nitrogens with one attached hydrogen (secondary N) is 1. The maximum atomic E-state index is 11.7. The molecule has 0 fully saturated rings. The first-order chi connectivity index (χ1) is 13.9. The van der Waals surface area contributed by atoms with Gasteiger partial charge in [-0.2, -0.15) is 0 Å². The molecule has 11 nitrogen and oxygen atoms in total. The van der Waals surface area contributed by atoms with Gasteiger partial charge in [-0.05, 0) is 17.7 Å². The van der Waals surface area contributed by atoms with E-state index in [2.05, 4.69) is 15.5 Å². The lowest BCUT2D eigenvalue weighted by Gasteiger charge is -2.04. The zero-order valence-corrected chi connectivity index (χ0v) is 16.1. The Hall–Kier alpha value is -3.38. The Morgan fingerprint density at radius 2 is 2.07 bits per heavy atom. The number of carbonyl (C=O) groups excluding carboxylic acids is 3. The van der Waals surface area contributed by atoms with Crippen LogP contribution in [-0.2, 0) is 30.6 Å². The van der Waals surface area contributed by atoms with E-state index in [-0.39, 0.29) is 34.7 Å². The predicted octanol–water partition coefficient (Wildman–Crippen LogP) is 1.80. The number of carbonyl (C=O) groups is 2. The number of anilines is 1. The SMILES string of the molecule is O=[C]C(=NOCC(=O)OCc1ccc([N+](=O)[O-])cc1)c1csc(NC(=O)CCl)n1. The predicted molar refractivity (Wildman–Crippen MR) is 103 cm³/mol. The van der Waals surface area contributed by atoms with E-state index < -0.39 is 23.4 Å². The van der Waals surface area contributed by atoms with Crippen molar-refractivity contribution in [3.05, 3.63) is 51.0 Å². The largest absolute Gasteiger partial charge is 0.458 e. The van der Waals surface area contributed by atoms with Crippen molar-refractivity contribution in [1.29, 1.82) is 0 Å². The molecule has 0 bridgehead atoms. The second-order valence-corrected chi connectivity index (χ2v) is 6.24. The van der Waals surface area contributed by atoms with Crippen LogP contribution in [0, 0.1) is 10.1 Å². The summed E-state index contributed by atoms with van der Waals surface area (Å²) < 4.78 is 4.93. The average Bonchev–Trinajstić information content (AvgIpc) is 3.17. The van der Waals surface area contributed by atoms with Gasteiger partial charge in [-0.15, -0.1) is 22.9 Å². The topological polar surface area (TPSA) is 150 Å². The van der Waals surface area contributed by atoms with Crippen molar-refractivity contribution in [2.75, 3.05) is 17.8 Å². The zero-order chi connectivity index (χ0) is 21.2. The number of nitro benzene ring substituents is 1. The van der Waals surface area contributed by atoms with Gasteiger partial charge in [0.05, 0.1) is 4.92 Å². The van der Waals surface area contributed by atoms with Crippen LogP contribution in [0.25, 0.3) is 0 Å². The van der Waals surface area contributed by atoms with Crippen molar-refractivity contribution in [2.24, 2.45) is 5.16 Å². The lowest BCUT2D eigenvalue weighted by molar-refractivity contribution is -0.384. The Morgan fingerprint density at radius 3 is 2.69 bits per heavy atom. The second kappa shape index (κ2) is 10.8. The van der Waals surface area contributed by atoms with Crippen molar-refractivity contribution >= 4 is 57.6 Å². The highest BCUT2D eigenvalue weighted by Crippen LogP contribution is 2.16. The molecule has 0 aliphatic carbocycles. The Bertz CT molecular complexity index is 930. The van der Waals surface area contributed by atoms with Gasteiger partial charge in [-0.25, -0.2) is 9.78 Å². The third-order valence-corrected chi connectivity index (χ3v) is 4.10. The highest BCUT2D eigenvalue weighted by Gasteiger charge is 2.13. The van der Waals surface area contributed by atoms with Gasteiger partial charge in [0.1, 0.15) is 18.2 Å². The molecule has 1 N–H and O–H groups in total. The maximum absolute atomic E-state index is 11.7. The molecule has 1 aromatic carbocycles. The van der Waals surface area contributed by atoms with Gasteiger partial charge in [-0.1, -0.05) is 5.16 Å². The highest BCUT2D eigenvalue weighted by molar-refractivity contribution is 7.14. The number of nitrogens with zero attached hydrogens (tertiary/aromatic N) is 3. The minimum absolute atomic E-state index is 0.0807. The van der Waals surface area contributed by atoms with Gasteiger partial charge in [0.15, 0.2) is 10.8 Å². The molecule has 29 heavy (non-hydrogen) atoms. The minimum atomic E-state index is -0.773. The van der Waals surface area contributed by atoms with Crippen LogP contribution in [0.3, 0.4) is 0 Å². The van der Waals surface area contributed by atoms with Gasteiger partial charge >= 0.3 is 5.97 Å². The minimum Gasteiger partial charge on any atom is -0.458 e. The van der Waals surface area contributed by atoms with Gasteiger partial charge < -0.3 is 14.9 Å². The van der Waals surface area contributed by atoms with E-state index in [4.69, 9.17) is 21.2 Å². The fourth-order valence-corrected chi connectivity index (χ4v) is 2.56. The Balaban J connectivity index is 1.83. The molecule has 0 saturated heterocycles. The van der Waals surface area contributed by atoms with Crippen LogP contribution in [0.1, 0.15) is 11.3 Å².